The second-order valence-corrected chi connectivity index (χ2v) is 9.49. The lowest BCUT2D eigenvalue weighted by Gasteiger charge is -2.31. The summed E-state index contributed by atoms with van der Waals surface area (Å²) >= 11 is 0. The zero-order chi connectivity index (χ0) is 21.2. The fourth-order valence-corrected chi connectivity index (χ4v) is 6.11. The number of ketones is 1. The van der Waals surface area contributed by atoms with Crippen molar-refractivity contribution >= 4 is 14.6 Å². The van der Waals surface area contributed by atoms with Crippen LogP contribution in [0.2, 0.25) is 6.04 Å². The minimum absolute atomic E-state index is 0.257. The molecule has 0 heterocycles. The Morgan fingerprint density at radius 3 is 1.83 bits per heavy atom. The van der Waals surface area contributed by atoms with Crippen LogP contribution in [0.1, 0.15) is 49.5 Å². The first kappa shape index (κ1) is 23.4. The summed E-state index contributed by atoms with van der Waals surface area (Å²) in [4.78, 5) is 13.3. The van der Waals surface area contributed by atoms with Crippen LogP contribution in [0.25, 0.3) is 0 Å². The summed E-state index contributed by atoms with van der Waals surface area (Å²) in [5.74, 6) is -0.305. The lowest BCUT2D eigenvalue weighted by atomic mass is 9.82. The van der Waals surface area contributed by atoms with E-state index in [1.165, 1.54) is 0 Å². The van der Waals surface area contributed by atoms with Crippen molar-refractivity contribution in [3.63, 3.8) is 0 Å². The van der Waals surface area contributed by atoms with Crippen molar-refractivity contribution in [1.82, 2.24) is 0 Å². The fraction of sp³-hybridized carbons (Fsp3) is 0.435. The van der Waals surface area contributed by atoms with Crippen molar-refractivity contribution in [2.24, 2.45) is 0 Å². The van der Waals surface area contributed by atoms with Crippen molar-refractivity contribution in [2.75, 3.05) is 19.8 Å². The number of aliphatic hydroxyl groups is 1. The zero-order valence-electron chi connectivity index (χ0n) is 17.6. The third-order valence-corrected chi connectivity index (χ3v) is 7.93. The molecular formula is C23H32O5Si. The Bertz CT molecular complexity index is 720. The molecule has 158 valence electrons. The number of Topliss-reactive ketones (excluding diaryl/α,β-unsaturated/α-hetero) is 1. The highest BCUT2D eigenvalue weighted by molar-refractivity contribution is 6.60. The van der Waals surface area contributed by atoms with Gasteiger partial charge in [0.25, 0.3) is 0 Å². The van der Waals surface area contributed by atoms with E-state index < -0.39 is 14.4 Å². The maximum atomic E-state index is 13.3. The molecule has 1 unspecified atom stereocenters. The van der Waals surface area contributed by atoms with Crippen LogP contribution in [-0.4, -0.2) is 39.5 Å². The van der Waals surface area contributed by atoms with E-state index in [9.17, 15) is 9.90 Å². The first-order chi connectivity index (χ1) is 14.0. The number of hydrogen-bond donors (Lipinski definition) is 1. The Hall–Kier alpha value is -1.83. The quantitative estimate of drug-likeness (QED) is 0.382. The normalized spacial score (nSPS) is 13.8. The molecule has 0 aromatic heterocycles. The lowest BCUT2D eigenvalue weighted by molar-refractivity contribution is 0.0225. The molecule has 0 bridgehead atoms. The van der Waals surface area contributed by atoms with Gasteiger partial charge in [-0.05, 0) is 39.2 Å². The van der Waals surface area contributed by atoms with Gasteiger partial charge in [0, 0.05) is 31.4 Å². The maximum Gasteiger partial charge on any atom is 0.500 e. The summed E-state index contributed by atoms with van der Waals surface area (Å²) < 4.78 is 17.7. The van der Waals surface area contributed by atoms with Crippen LogP contribution in [0.15, 0.2) is 60.7 Å². The van der Waals surface area contributed by atoms with Crippen LogP contribution in [0, 0.1) is 0 Å². The molecule has 2 aromatic rings. The van der Waals surface area contributed by atoms with Gasteiger partial charge in [0.1, 0.15) is 0 Å². The van der Waals surface area contributed by atoms with Gasteiger partial charge in [-0.1, -0.05) is 60.7 Å². The summed E-state index contributed by atoms with van der Waals surface area (Å²) in [7, 11) is -2.83. The first-order valence-electron chi connectivity index (χ1n) is 10.3. The largest absolute Gasteiger partial charge is 0.500 e. The van der Waals surface area contributed by atoms with Crippen molar-refractivity contribution in [3.8, 4) is 0 Å². The topological polar surface area (TPSA) is 65.0 Å². The second-order valence-electron chi connectivity index (χ2n) is 6.76. The van der Waals surface area contributed by atoms with Gasteiger partial charge in [0.15, 0.2) is 11.4 Å². The molecule has 2 rings (SSSR count). The van der Waals surface area contributed by atoms with Crippen molar-refractivity contribution in [1.29, 1.82) is 0 Å². The molecule has 0 spiro atoms. The highest BCUT2D eigenvalue weighted by Gasteiger charge is 2.43. The summed E-state index contributed by atoms with van der Waals surface area (Å²) in [5, 5.41) is 11.5. The van der Waals surface area contributed by atoms with E-state index in [0.717, 1.165) is 0 Å². The van der Waals surface area contributed by atoms with E-state index in [2.05, 4.69) is 0 Å². The number of rotatable bonds is 13. The minimum atomic E-state index is -2.83. The van der Waals surface area contributed by atoms with E-state index in [4.69, 9.17) is 13.3 Å². The molecule has 5 nitrogen and oxygen atoms in total. The SMILES string of the molecule is CCO[Si](CCCC(O)(C(=O)c1ccccc1)c1ccccc1)(OCC)OCC. The summed E-state index contributed by atoms with van der Waals surface area (Å²) in [6.07, 6.45) is 0.795. The van der Waals surface area contributed by atoms with Gasteiger partial charge in [-0.3, -0.25) is 4.79 Å². The molecule has 0 radical (unpaired) electrons. The van der Waals surface area contributed by atoms with Gasteiger partial charge < -0.3 is 18.4 Å². The molecule has 0 fully saturated rings. The molecule has 1 N–H and O–H groups in total. The van der Waals surface area contributed by atoms with Crippen LogP contribution in [-0.2, 0) is 18.9 Å². The van der Waals surface area contributed by atoms with E-state index >= 15 is 0 Å². The van der Waals surface area contributed by atoms with Crippen LogP contribution >= 0.6 is 0 Å². The predicted molar refractivity (Wildman–Crippen MR) is 116 cm³/mol. The average molecular weight is 417 g/mol. The third kappa shape index (κ3) is 6.07. The third-order valence-electron chi connectivity index (χ3n) is 4.78. The fourth-order valence-electron chi connectivity index (χ4n) is 3.49. The Labute approximate surface area is 175 Å². The van der Waals surface area contributed by atoms with E-state index in [1.807, 2.05) is 45.0 Å². The average Bonchev–Trinajstić information content (AvgIpc) is 2.75. The number of carbonyl (C=O) groups is 1. The van der Waals surface area contributed by atoms with Crippen LogP contribution in [0.5, 0.6) is 0 Å². The summed E-state index contributed by atoms with van der Waals surface area (Å²) in [6, 6.07) is 18.6. The van der Waals surface area contributed by atoms with Gasteiger partial charge in [0.05, 0.1) is 0 Å². The van der Waals surface area contributed by atoms with Gasteiger partial charge in [0.2, 0.25) is 0 Å². The summed E-state index contributed by atoms with van der Waals surface area (Å²) in [5.41, 5.74) is -0.542. The molecule has 6 heteroatoms. The van der Waals surface area contributed by atoms with E-state index in [0.29, 0.717) is 43.4 Å². The smallest absolute Gasteiger partial charge is 0.377 e. The van der Waals surface area contributed by atoms with Crippen molar-refractivity contribution in [3.05, 3.63) is 71.8 Å². The molecule has 2 aromatic carbocycles. The highest BCUT2D eigenvalue weighted by atomic mass is 28.4. The molecule has 0 aliphatic heterocycles. The molecule has 29 heavy (non-hydrogen) atoms. The highest BCUT2D eigenvalue weighted by Crippen LogP contribution is 2.33. The van der Waals surface area contributed by atoms with Crippen LogP contribution in [0.4, 0.5) is 0 Å². The van der Waals surface area contributed by atoms with Crippen molar-refractivity contribution < 1.29 is 23.2 Å². The Morgan fingerprint density at radius 2 is 1.34 bits per heavy atom. The van der Waals surface area contributed by atoms with Gasteiger partial charge >= 0.3 is 8.80 Å². The monoisotopic (exact) mass is 416 g/mol. The number of carbonyl (C=O) groups excluding carboxylic acids is 1. The van der Waals surface area contributed by atoms with Crippen molar-refractivity contribution in [2.45, 2.75) is 45.3 Å². The van der Waals surface area contributed by atoms with E-state index in [-0.39, 0.29) is 12.2 Å². The minimum Gasteiger partial charge on any atom is -0.377 e. The molecule has 1 atom stereocenters. The zero-order valence-corrected chi connectivity index (χ0v) is 18.6. The Kier molecular flexibility index (Phi) is 9.20. The van der Waals surface area contributed by atoms with Crippen LogP contribution < -0.4 is 0 Å². The molecular weight excluding hydrogens is 384 g/mol. The number of benzene rings is 2. The van der Waals surface area contributed by atoms with E-state index in [1.54, 1.807) is 36.4 Å². The predicted octanol–water partition coefficient (Wildman–Crippen LogP) is 4.59. The molecule has 0 saturated heterocycles. The summed E-state index contributed by atoms with van der Waals surface area (Å²) in [6.45, 7) is 7.24. The first-order valence-corrected chi connectivity index (χ1v) is 12.2. The van der Waals surface area contributed by atoms with Crippen LogP contribution in [0.3, 0.4) is 0 Å². The maximum absolute atomic E-state index is 13.3. The lowest BCUT2D eigenvalue weighted by Crippen LogP contribution is -2.46. The van der Waals surface area contributed by atoms with Gasteiger partial charge in [-0.2, -0.15) is 0 Å². The Morgan fingerprint density at radius 1 is 0.862 bits per heavy atom. The van der Waals surface area contributed by atoms with Gasteiger partial charge in [-0.15, -0.1) is 0 Å². The molecule has 0 amide bonds. The second kappa shape index (κ2) is 11.4. The molecule has 0 saturated carbocycles. The Balaban J connectivity index is 2.25. The standard InChI is InChI=1S/C23H32O5Si/c1-4-26-29(27-5-2,28-6-3)19-13-18-23(25,21-16-11-8-12-17-21)22(24)20-14-9-7-10-15-20/h7-12,14-17,25H,4-6,13,18-19H2,1-3H3. The molecule has 0 aliphatic rings. The van der Waals surface area contributed by atoms with Gasteiger partial charge in [-0.25, -0.2) is 0 Å². The molecule has 0 aliphatic carbocycles. The number of hydrogen-bond acceptors (Lipinski definition) is 5.